The molecule has 0 N–H and O–H groups in total. The van der Waals surface area contributed by atoms with Crippen molar-refractivity contribution in [1.29, 1.82) is 0 Å². The highest BCUT2D eigenvalue weighted by atomic mass is 35.5. The molecule has 0 saturated heterocycles. The van der Waals surface area contributed by atoms with Gasteiger partial charge in [0.1, 0.15) is 5.82 Å². The summed E-state index contributed by atoms with van der Waals surface area (Å²) >= 11 is 7.87. The van der Waals surface area contributed by atoms with E-state index in [4.69, 9.17) is 16.6 Å². The van der Waals surface area contributed by atoms with E-state index in [9.17, 15) is 0 Å². The Morgan fingerprint density at radius 1 is 1.18 bits per heavy atom. The molecule has 1 saturated carbocycles. The predicted molar refractivity (Wildman–Crippen MR) is 111 cm³/mol. The minimum Gasteiger partial charge on any atom is -0.323 e. The Labute approximate surface area is 171 Å². The zero-order valence-electron chi connectivity index (χ0n) is 15.4. The van der Waals surface area contributed by atoms with Crippen LogP contribution in [0.25, 0.3) is 11.0 Å². The van der Waals surface area contributed by atoms with Gasteiger partial charge in [-0.05, 0) is 54.0 Å². The Hall–Kier alpha value is -2.38. The Balaban J connectivity index is 1.53. The standard InChI is InChI=1S/C20H19ClN6S/c1-13(28-20-23-24-25-27(20)16-8-9-16)19-22-17-11-15(21)7-10-18(17)26(19)12-14-5-3-2-4-6-14/h2-7,10-11,13,16H,8-9,12H2,1H3. The number of thioether (sulfide) groups is 1. The molecule has 0 radical (unpaired) electrons. The largest absolute Gasteiger partial charge is 0.323 e. The van der Waals surface area contributed by atoms with Crippen LogP contribution in [0, 0.1) is 0 Å². The number of rotatable bonds is 6. The van der Waals surface area contributed by atoms with Crippen molar-refractivity contribution in [2.24, 2.45) is 0 Å². The van der Waals surface area contributed by atoms with E-state index >= 15 is 0 Å². The molecule has 2 aromatic carbocycles. The molecule has 1 fully saturated rings. The highest BCUT2D eigenvalue weighted by molar-refractivity contribution is 7.99. The van der Waals surface area contributed by atoms with Gasteiger partial charge in [-0.1, -0.05) is 53.7 Å². The van der Waals surface area contributed by atoms with Crippen LogP contribution in [-0.4, -0.2) is 29.8 Å². The summed E-state index contributed by atoms with van der Waals surface area (Å²) in [6.45, 7) is 2.91. The second-order valence-electron chi connectivity index (χ2n) is 7.07. The SMILES string of the molecule is CC(Sc1nnnn1C1CC1)c1nc2cc(Cl)ccc2n1Cc1ccccc1. The van der Waals surface area contributed by atoms with Gasteiger partial charge in [-0.15, -0.1) is 5.10 Å². The lowest BCUT2D eigenvalue weighted by Gasteiger charge is -2.14. The molecule has 0 amide bonds. The molecule has 5 rings (SSSR count). The quantitative estimate of drug-likeness (QED) is 0.422. The summed E-state index contributed by atoms with van der Waals surface area (Å²) in [4.78, 5) is 4.92. The lowest BCUT2D eigenvalue weighted by atomic mass is 10.2. The molecule has 142 valence electrons. The van der Waals surface area contributed by atoms with Crippen LogP contribution in [0.3, 0.4) is 0 Å². The Kier molecular flexibility index (Phi) is 4.56. The maximum Gasteiger partial charge on any atom is 0.210 e. The van der Waals surface area contributed by atoms with E-state index in [1.54, 1.807) is 11.8 Å². The number of imidazole rings is 1. The van der Waals surface area contributed by atoms with E-state index < -0.39 is 0 Å². The van der Waals surface area contributed by atoms with Gasteiger partial charge >= 0.3 is 0 Å². The fourth-order valence-corrected chi connectivity index (χ4v) is 4.53. The summed E-state index contributed by atoms with van der Waals surface area (Å²) in [6.07, 6.45) is 2.30. The van der Waals surface area contributed by atoms with Crippen molar-refractivity contribution in [3.63, 3.8) is 0 Å². The van der Waals surface area contributed by atoms with Crippen LogP contribution in [0.1, 0.15) is 42.4 Å². The fourth-order valence-electron chi connectivity index (χ4n) is 3.39. The van der Waals surface area contributed by atoms with E-state index in [2.05, 4.69) is 51.3 Å². The lowest BCUT2D eigenvalue weighted by Crippen LogP contribution is -2.08. The molecule has 0 aliphatic heterocycles. The molecule has 28 heavy (non-hydrogen) atoms. The average molecular weight is 411 g/mol. The van der Waals surface area contributed by atoms with Crippen LogP contribution in [0.5, 0.6) is 0 Å². The number of tetrazole rings is 1. The van der Waals surface area contributed by atoms with Gasteiger partial charge in [0.25, 0.3) is 0 Å². The van der Waals surface area contributed by atoms with Gasteiger partial charge in [0.2, 0.25) is 5.16 Å². The normalized spacial score (nSPS) is 15.2. The second kappa shape index (κ2) is 7.22. The van der Waals surface area contributed by atoms with Crippen molar-refractivity contribution in [1.82, 2.24) is 29.8 Å². The summed E-state index contributed by atoms with van der Waals surface area (Å²) in [6, 6.07) is 16.8. The number of benzene rings is 2. The second-order valence-corrected chi connectivity index (χ2v) is 8.82. The molecule has 1 unspecified atom stereocenters. The van der Waals surface area contributed by atoms with Crippen molar-refractivity contribution >= 4 is 34.4 Å². The molecule has 1 aliphatic rings. The van der Waals surface area contributed by atoms with Gasteiger partial charge in [0.05, 0.1) is 22.3 Å². The van der Waals surface area contributed by atoms with Crippen molar-refractivity contribution < 1.29 is 0 Å². The van der Waals surface area contributed by atoms with Gasteiger partial charge in [0, 0.05) is 11.6 Å². The first-order chi connectivity index (χ1) is 13.7. The molecule has 0 bridgehead atoms. The predicted octanol–water partition coefficient (Wildman–Crippen LogP) is 4.91. The monoisotopic (exact) mass is 410 g/mol. The molecule has 1 aliphatic carbocycles. The third-order valence-corrected chi connectivity index (χ3v) is 6.20. The number of halogens is 1. The topological polar surface area (TPSA) is 61.4 Å². The van der Waals surface area contributed by atoms with Crippen molar-refractivity contribution in [2.75, 3.05) is 0 Å². The van der Waals surface area contributed by atoms with E-state index in [1.807, 2.05) is 28.9 Å². The number of aromatic nitrogens is 6. The third-order valence-electron chi connectivity index (χ3n) is 4.92. The van der Waals surface area contributed by atoms with Gasteiger partial charge < -0.3 is 4.57 Å². The number of nitrogens with zero attached hydrogens (tertiary/aromatic N) is 6. The Morgan fingerprint density at radius 2 is 2.00 bits per heavy atom. The summed E-state index contributed by atoms with van der Waals surface area (Å²) in [5.41, 5.74) is 3.23. The van der Waals surface area contributed by atoms with Crippen LogP contribution in [0.2, 0.25) is 5.02 Å². The van der Waals surface area contributed by atoms with E-state index in [1.165, 1.54) is 5.56 Å². The van der Waals surface area contributed by atoms with Gasteiger partial charge in [-0.25, -0.2) is 9.67 Å². The molecule has 0 spiro atoms. The summed E-state index contributed by atoms with van der Waals surface area (Å²) in [5, 5.41) is 13.9. The van der Waals surface area contributed by atoms with Gasteiger partial charge in [-0.2, -0.15) is 0 Å². The third kappa shape index (κ3) is 3.40. The number of hydrogen-bond acceptors (Lipinski definition) is 5. The Morgan fingerprint density at radius 3 is 2.79 bits per heavy atom. The molecule has 8 heteroatoms. The van der Waals surface area contributed by atoms with Crippen molar-refractivity contribution in [2.45, 2.75) is 42.8 Å². The molecule has 1 atom stereocenters. The smallest absolute Gasteiger partial charge is 0.210 e. The summed E-state index contributed by atoms with van der Waals surface area (Å²) in [7, 11) is 0. The lowest BCUT2D eigenvalue weighted by molar-refractivity contribution is 0.564. The highest BCUT2D eigenvalue weighted by Gasteiger charge is 2.29. The number of hydrogen-bond donors (Lipinski definition) is 0. The minimum absolute atomic E-state index is 0.0957. The summed E-state index contributed by atoms with van der Waals surface area (Å²) < 4.78 is 4.21. The first kappa shape index (κ1) is 17.7. The zero-order chi connectivity index (χ0) is 19.1. The maximum absolute atomic E-state index is 6.21. The van der Waals surface area contributed by atoms with Crippen LogP contribution < -0.4 is 0 Å². The average Bonchev–Trinajstić information content (AvgIpc) is 3.34. The summed E-state index contributed by atoms with van der Waals surface area (Å²) in [5.74, 6) is 0.997. The van der Waals surface area contributed by atoms with Crippen LogP contribution in [0.15, 0.2) is 53.7 Å². The van der Waals surface area contributed by atoms with E-state index in [0.29, 0.717) is 11.1 Å². The first-order valence-corrected chi connectivity index (χ1v) is 10.6. The molecule has 2 aromatic heterocycles. The number of fused-ring (bicyclic) bond motifs is 1. The first-order valence-electron chi connectivity index (χ1n) is 9.33. The van der Waals surface area contributed by atoms with Crippen LogP contribution >= 0.6 is 23.4 Å². The molecule has 6 nitrogen and oxygen atoms in total. The van der Waals surface area contributed by atoms with Gasteiger partial charge in [-0.3, -0.25) is 0 Å². The van der Waals surface area contributed by atoms with E-state index in [0.717, 1.165) is 41.4 Å². The zero-order valence-corrected chi connectivity index (χ0v) is 16.9. The maximum atomic E-state index is 6.21. The fraction of sp³-hybridized carbons (Fsp3) is 0.300. The highest BCUT2D eigenvalue weighted by Crippen LogP contribution is 2.40. The van der Waals surface area contributed by atoms with Crippen molar-refractivity contribution in [3.05, 3.63) is 64.9 Å². The van der Waals surface area contributed by atoms with E-state index in [-0.39, 0.29) is 5.25 Å². The molecular formula is C20H19ClN6S. The van der Waals surface area contributed by atoms with Crippen LogP contribution in [0.4, 0.5) is 0 Å². The molecule has 4 aromatic rings. The Bertz CT molecular complexity index is 1120. The minimum atomic E-state index is 0.0957. The van der Waals surface area contributed by atoms with Crippen molar-refractivity contribution in [3.8, 4) is 0 Å². The van der Waals surface area contributed by atoms with Gasteiger partial charge in [0.15, 0.2) is 0 Å². The molecular weight excluding hydrogens is 392 g/mol. The molecule has 2 heterocycles. The van der Waals surface area contributed by atoms with Crippen LogP contribution in [-0.2, 0) is 6.54 Å².